The Morgan fingerprint density at radius 3 is 2.26 bits per heavy atom. The lowest BCUT2D eigenvalue weighted by molar-refractivity contribution is 0.174. The number of fused-ring (bicyclic) bond motifs is 1. The van der Waals surface area contributed by atoms with E-state index in [1.807, 2.05) is 71.9 Å². The molecule has 0 spiro atoms. The molecule has 0 amide bonds. The van der Waals surface area contributed by atoms with Gasteiger partial charge in [-0.25, -0.2) is 0 Å². The minimum Gasteiger partial charge on any atom is -0.507 e. The first-order valence-electron chi connectivity index (χ1n) is 11.9. The SMILES string of the molecule is C=CC(C)(C)c1cc2c(cc1O)O[C@H](c1cc(CC=C(C)C)c(O)c(O)c1CC=C(C)C)CC2. The van der Waals surface area contributed by atoms with Crippen molar-refractivity contribution in [3.63, 3.8) is 0 Å². The second-order valence-electron chi connectivity index (χ2n) is 10.3. The van der Waals surface area contributed by atoms with Gasteiger partial charge in [0, 0.05) is 33.7 Å². The predicted molar refractivity (Wildman–Crippen MR) is 139 cm³/mol. The Balaban J connectivity index is 2.07. The molecule has 3 N–H and O–H groups in total. The molecule has 2 aromatic carbocycles. The fourth-order valence-corrected chi connectivity index (χ4v) is 4.32. The van der Waals surface area contributed by atoms with Crippen molar-refractivity contribution < 1.29 is 20.1 Å². The number of phenols is 3. The van der Waals surface area contributed by atoms with Crippen LogP contribution in [-0.4, -0.2) is 15.3 Å². The normalized spacial score (nSPS) is 15.2. The van der Waals surface area contributed by atoms with Gasteiger partial charge in [0.2, 0.25) is 0 Å². The zero-order chi connectivity index (χ0) is 25.2. The van der Waals surface area contributed by atoms with Crippen LogP contribution in [0, 0.1) is 0 Å². The molecule has 1 atom stereocenters. The highest BCUT2D eigenvalue weighted by atomic mass is 16.5. The molecule has 1 heterocycles. The third-order valence-electron chi connectivity index (χ3n) is 6.61. The highest BCUT2D eigenvalue weighted by Crippen LogP contribution is 2.45. The molecule has 34 heavy (non-hydrogen) atoms. The zero-order valence-corrected chi connectivity index (χ0v) is 21.3. The monoisotopic (exact) mass is 462 g/mol. The van der Waals surface area contributed by atoms with Crippen LogP contribution in [0.25, 0.3) is 0 Å². The summed E-state index contributed by atoms with van der Waals surface area (Å²) in [5, 5.41) is 32.4. The van der Waals surface area contributed by atoms with Gasteiger partial charge in [0.15, 0.2) is 11.5 Å². The molecule has 1 aliphatic heterocycles. The van der Waals surface area contributed by atoms with Gasteiger partial charge in [-0.3, -0.25) is 0 Å². The molecular formula is C30H38O4. The van der Waals surface area contributed by atoms with Crippen LogP contribution in [-0.2, 0) is 24.7 Å². The smallest absolute Gasteiger partial charge is 0.161 e. The van der Waals surface area contributed by atoms with E-state index in [1.165, 1.54) is 0 Å². The quantitative estimate of drug-likeness (QED) is 0.297. The highest BCUT2D eigenvalue weighted by Gasteiger charge is 2.29. The average molecular weight is 463 g/mol. The first kappa shape index (κ1) is 25.5. The standard InChI is InChI=1S/C30H38O4/c1-8-30(6,7)24-16-20-12-14-26(34-27(20)17-25(24)31)23-15-21(11-9-18(2)3)28(32)29(33)22(23)13-10-19(4)5/h8-10,15-17,26,31-33H,1,11-14H2,2-7H3/t26-/m0/s1. The van der Waals surface area contributed by atoms with Gasteiger partial charge < -0.3 is 20.1 Å². The molecular weight excluding hydrogens is 424 g/mol. The summed E-state index contributed by atoms with van der Waals surface area (Å²) >= 11 is 0. The second-order valence-corrected chi connectivity index (χ2v) is 10.3. The van der Waals surface area contributed by atoms with E-state index in [-0.39, 0.29) is 28.8 Å². The first-order valence-corrected chi connectivity index (χ1v) is 11.9. The Bertz CT molecular complexity index is 1140. The first-order chi connectivity index (χ1) is 15.9. The zero-order valence-electron chi connectivity index (χ0n) is 21.3. The van der Waals surface area contributed by atoms with Crippen LogP contribution in [0.2, 0.25) is 0 Å². The van der Waals surface area contributed by atoms with E-state index in [2.05, 4.69) is 6.58 Å². The number of hydrogen-bond acceptors (Lipinski definition) is 4. The Morgan fingerprint density at radius 1 is 1.00 bits per heavy atom. The maximum atomic E-state index is 11.0. The molecule has 0 radical (unpaired) electrons. The Hall–Kier alpha value is -3.14. The van der Waals surface area contributed by atoms with Crippen molar-refractivity contribution in [2.75, 3.05) is 0 Å². The van der Waals surface area contributed by atoms with Gasteiger partial charge in [0.25, 0.3) is 0 Å². The summed E-state index contributed by atoms with van der Waals surface area (Å²) in [6.45, 7) is 16.0. The van der Waals surface area contributed by atoms with E-state index in [9.17, 15) is 15.3 Å². The second kappa shape index (κ2) is 10.0. The van der Waals surface area contributed by atoms with Gasteiger partial charge in [-0.1, -0.05) is 43.2 Å². The number of aromatic hydroxyl groups is 3. The van der Waals surface area contributed by atoms with E-state index >= 15 is 0 Å². The maximum absolute atomic E-state index is 11.0. The number of ether oxygens (including phenoxy) is 1. The fourth-order valence-electron chi connectivity index (χ4n) is 4.32. The lowest BCUT2D eigenvalue weighted by Gasteiger charge is -2.31. The van der Waals surface area contributed by atoms with Gasteiger partial charge in [0.05, 0.1) is 0 Å². The molecule has 0 bridgehead atoms. The van der Waals surface area contributed by atoms with Crippen LogP contribution < -0.4 is 4.74 Å². The van der Waals surface area contributed by atoms with E-state index in [0.717, 1.165) is 40.7 Å². The fraction of sp³-hybridized carbons (Fsp3) is 0.400. The van der Waals surface area contributed by atoms with Gasteiger partial charge in [-0.15, -0.1) is 6.58 Å². The molecule has 0 fully saturated rings. The number of hydrogen-bond donors (Lipinski definition) is 3. The summed E-state index contributed by atoms with van der Waals surface area (Å²) in [6, 6.07) is 5.68. The van der Waals surface area contributed by atoms with Gasteiger partial charge >= 0.3 is 0 Å². The number of phenolic OH excluding ortho intramolecular Hbond substituents is 3. The third kappa shape index (κ3) is 5.32. The van der Waals surface area contributed by atoms with Crippen LogP contribution in [0.15, 0.2) is 54.2 Å². The molecule has 1 aliphatic rings. The summed E-state index contributed by atoms with van der Waals surface area (Å²) in [6.07, 6.45) is 8.18. The number of rotatable bonds is 7. The number of allylic oxidation sites excluding steroid dienone is 5. The van der Waals surface area contributed by atoms with Crippen LogP contribution in [0.5, 0.6) is 23.0 Å². The molecule has 0 aliphatic carbocycles. The van der Waals surface area contributed by atoms with E-state index < -0.39 is 0 Å². The molecule has 182 valence electrons. The molecule has 2 aromatic rings. The van der Waals surface area contributed by atoms with Crippen molar-refractivity contribution >= 4 is 0 Å². The number of aryl methyl sites for hydroxylation is 1. The van der Waals surface area contributed by atoms with Crippen LogP contribution in [0.1, 0.15) is 81.9 Å². The molecule has 4 nitrogen and oxygen atoms in total. The van der Waals surface area contributed by atoms with Crippen molar-refractivity contribution in [3.8, 4) is 23.0 Å². The third-order valence-corrected chi connectivity index (χ3v) is 6.61. The van der Waals surface area contributed by atoms with E-state index in [4.69, 9.17) is 4.74 Å². The Kier molecular flexibility index (Phi) is 7.50. The van der Waals surface area contributed by atoms with Crippen LogP contribution in [0.4, 0.5) is 0 Å². The molecule has 0 saturated heterocycles. The molecule has 0 aromatic heterocycles. The lowest BCUT2D eigenvalue weighted by atomic mass is 9.82. The predicted octanol–water partition coefficient (Wildman–Crippen LogP) is 7.35. The van der Waals surface area contributed by atoms with Crippen molar-refractivity contribution in [1.82, 2.24) is 0 Å². The molecule has 0 saturated carbocycles. The van der Waals surface area contributed by atoms with Gasteiger partial charge in [0.1, 0.15) is 17.6 Å². The average Bonchev–Trinajstić information content (AvgIpc) is 2.78. The molecule has 3 rings (SSSR count). The van der Waals surface area contributed by atoms with E-state index in [0.29, 0.717) is 29.7 Å². The minimum absolute atomic E-state index is 0.0661. The van der Waals surface area contributed by atoms with Crippen molar-refractivity contribution in [2.24, 2.45) is 0 Å². The molecule has 0 unspecified atom stereocenters. The van der Waals surface area contributed by atoms with Crippen LogP contribution >= 0.6 is 0 Å². The van der Waals surface area contributed by atoms with E-state index in [1.54, 1.807) is 6.07 Å². The summed E-state index contributed by atoms with van der Waals surface area (Å²) in [7, 11) is 0. The van der Waals surface area contributed by atoms with Gasteiger partial charge in [-0.05, 0) is 71.1 Å². The maximum Gasteiger partial charge on any atom is 0.161 e. The molecule has 4 heteroatoms. The largest absolute Gasteiger partial charge is 0.507 e. The Labute approximate surface area is 203 Å². The minimum atomic E-state index is -0.351. The summed E-state index contributed by atoms with van der Waals surface area (Å²) < 4.78 is 6.41. The number of benzene rings is 2. The lowest BCUT2D eigenvalue weighted by Crippen LogP contribution is -2.19. The van der Waals surface area contributed by atoms with Crippen LogP contribution in [0.3, 0.4) is 0 Å². The van der Waals surface area contributed by atoms with Crippen molar-refractivity contribution in [2.45, 2.75) is 78.7 Å². The van der Waals surface area contributed by atoms with Gasteiger partial charge in [-0.2, -0.15) is 0 Å². The summed E-state index contributed by atoms with van der Waals surface area (Å²) in [5.74, 6) is 0.701. The topological polar surface area (TPSA) is 69.9 Å². The van der Waals surface area contributed by atoms with Crippen molar-refractivity contribution in [1.29, 1.82) is 0 Å². The highest BCUT2D eigenvalue weighted by molar-refractivity contribution is 5.57. The summed E-state index contributed by atoms with van der Waals surface area (Å²) in [4.78, 5) is 0. The van der Waals surface area contributed by atoms with Crippen molar-refractivity contribution in [3.05, 3.63) is 82.0 Å². The summed E-state index contributed by atoms with van der Waals surface area (Å²) in [5.41, 5.74) is 6.05. The Morgan fingerprint density at radius 2 is 1.65 bits per heavy atom.